The van der Waals surface area contributed by atoms with Crippen molar-refractivity contribution in [1.82, 2.24) is 5.32 Å². The number of hydrogen-bond donors (Lipinski definition) is 1. The molecule has 0 bridgehead atoms. The zero-order valence-corrected chi connectivity index (χ0v) is 8.14. The molecule has 14 heavy (non-hydrogen) atoms. The molecule has 2 nitrogen and oxygen atoms in total. The minimum atomic E-state index is -0.573. The summed E-state index contributed by atoms with van der Waals surface area (Å²) in [6.07, 6.45) is 1.94. The molecule has 1 N–H and O–H groups in total. The van der Waals surface area contributed by atoms with Crippen LogP contribution < -0.4 is 5.32 Å². The van der Waals surface area contributed by atoms with Gasteiger partial charge in [0.05, 0.1) is 10.6 Å². The lowest BCUT2D eigenvalue weighted by molar-refractivity contribution is 0.0947. The van der Waals surface area contributed by atoms with Crippen LogP contribution in [-0.4, -0.2) is 11.9 Å². The van der Waals surface area contributed by atoms with E-state index in [1.165, 1.54) is 18.2 Å². The van der Waals surface area contributed by atoms with E-state index in [0.29, 0.717) is 0 Å². The molecule has 1 aromatic rings. The number of nitrogens with one attached hydrogen (secondary N) is 1. The van der Waals surface area contributed by atoms with E-state index in [1.54, 1.807) is 0 Å². The summed E-state index contributed by atoms with van der Waals surface area (Å²) in [7, 11) is 0. The SMILES string of the molecule is O=C(NC1CC1)c1c(F)cccc1Cl. The van der Waals surface area contributed by atoms with Gasteiger partial charge in [-0.2, -0.15) is 0 Å². The highest BCUT2D eigenvalue weighted by Crippen LogP contribution is 2.22. The Morgan fingerprint density at radius 1 is 1.50 bits per heavy atom. The van der Waals surface area contributed by atoms with Crippen LogP contribution in [0, 0.1) is 5.82 Å². The van der Waals surface area contributed by atoms with E-state index in [9.17, 15) is 9.18 Å². The summed E-state index contributed by atoms with van der Waals surface area (Å²) in [6, 6.07) is 4.42. The van der Waals surface area contributed by atoms with Gasteiger partial charge in [0.15, 0.2) is 0 Å². The molecule has 1 saturated carbocycles. The summed E-state index contributed by atoms with van der Waals surface area (Å²) in [4.78, 5) is 11.5. The molecule has 0 atom stereocenters. The number of carbonyl (C=O) groups is 1. The Morgan fingerprint density at radius 3 is 2.79 bits per heavy atom. The molecule has 0 heterocycles. The monoisotopic (exact) mass is 213 g/mol. The minimum Gasteiger partial charge on any atom is -0.349 e. The van der Waals surface area contributed by atoms with Crippen molar-refractivity contribution in [3.05, 3.63) is 34.6 Å². The summed E-state index contributed by atoms with van der Waals surface area (Å²) >= 11 is 5.73. The van der Waals surface area contributed by atoms with Gasteiger partial charge >= 0.3 is 0 Å². The molecular formula is C10H9ClFNO. The van der Waals surface area contributed by atoms with Crippen LogP contribution in [0.2, 0.25) is 5.02 Å². The zero-order chi connectivity index (χ0) is 10.1. The zero-order valence-electron chi connectivity index (χ0n) is 7.39. The molecular weight excluding hydrogens is 205 g/mol. The molecule has 1 aliphatic rings. The Hall–Kier alpha value is -1.09. The highest BCUT2D eigenvalue weighted by Gasteiger charge is 2.25. The van der Waals surface area contributed by atoms with Gasteiger partial charge in [-0.3, -0.25) is 4.79 Å². The van der Waals surface area contributed by atoms with Crippen molar-refractivity contribution in [2.45, 2.75) is 18.9 Å². The van der Waals surface area contributed by atoms with Gasteiger partial charge in [-0.05, 0) is 25.0 Å². The second-order valence-corrected chi connectivity index (χ2v) is 3.75. The minimum absolute atomic E-state index is 0.0546. The average Bonchev–Trinajstić information content (AvgIpc) is 2.87. The second-order valence-electron chi connectivity index (χ2n) is 3.34. The van der Waals surface area contributed by atoms with Crippen LogP contribution in [0.1, 0.15) is 23.2 Å². The lowest BCUT2D eigenvalue weighted by Gasteiger charge is -2.05. The first-order valence-electron chi connectivity index (χ1n) is 4.43. The van der Waals surface area contributed by atoms with E-state index in [0.717, 1.165) is 12.8 Å². The Bertz CT molecular complexity index is 356. The quantitative estimate of drug-likeness (QED) is 0.803. The van der Waals surface area contributed by atoms with Gasteiger partial charge in [0.1, 0.15) is 5.82 Å². The largest absolute Gasteiger partial charge is 0.349 e. The number of halogens is 2. The Morgan fingerprint density at radius 2 is 2.21 bits per heavy atom. The van der Waals surface area contributed by atoms with Crippen molar-refractivity contribution >= 4 is 17.5 Å². The van der Waals surface area contributed by atoms with Crippen molar-refractivity contribution in [3.8, 4) is 0 Å². The number of carbonyl (C=O) groups excluding carboxylic acids is 1. The van der Waals surface area contributed by atoms with Gasteiger partial charge in [0.2, 0.25) is 0 Å². The molecule has 1 fully saturated rings. The lowest BCUT2D eigenvalue weighted by Crippen LogP contribution is -2.26. The number of rotatable bonds is 2. The predicted molar refractivity (Wildman–Crippen MR) is 51.9 cm³/mol. The Kier molecular flexibility index (Phi) is 2.42. The number of hydrogen-bond acceptors (Lipinski definition) is 1. The molecule has 0 spiro atoms. The molecule has 0 aliphatic heterocycles. The lowest BCUT2D eigenvalue weighted by atomic mass is 10.2. The second kappa shape index (κ2) is 3.58. The first-order chi connectivity index (χ1) is 6.68. The van der Waals surface area contributed by atoms with E-state index >= 15 is 0 Å². The van der Waals surface area contributed by atoms with Gasteiger partial charge < -0.3 is 5.32 Å². The highest BCUT2D eigenvalue weighted by atomic mass is 35.5. The van der Waals surface area contributed by atoms with Crippen LogP contribution in [0.3, 0.4) is 0 Å². The molecule has 0 radical (unpaired) electrons. The first-order valence-corrected chi connectivity index (χ1v) is 4.81. The summed E-state index contributed by atoms with van der Waals surface area (Å²) in [5, 5.41) is 2.84. The molecule has 1 amide bonds. The maximum atomic E-state index is 13.2. The van der Waals surface area contributed by atoms with Crippen LogP contribution in [0.15, 0.2) is 18.2 Å². The number of benzene rings is 1. The first kappa shape index (κ1) is 9.46. The molecule has 74 valence electrons. The molecule has 4 heteroatoms. The Balaban J connectivity index is 2.24. The van der Waals surface area contributed by atoms with Crippen LogP contribution in [0.25, 0.3) is 0 Å². The summed E-state index contributed by atoms with van der Waals surface area (Å²) in [5.41, 5.74) is -0.0546. The fraction of sp³-hybridized carbons (Fsp3) is 0.300. The standard InChI is InChI=1S/C10H9ClFNO/c11-7-2-1-3-8(12)9(7)10(14)13-6-4-5-6/h1-3,6H,4-5H2,(H,13,14). The normalized spacial score (nSPS) is 15.3. The molecule has 1 aliphatic carbocycles. The van der Waals surface area contributed by atoms with Gasteiger partial charge in [-0.25, -0.2) is 4.39 Å². The van der Waals surface area contributed by atoms with Crippen LogP contribution in [0.4, 0.5) is 4.39 Å². The molecule has 0 saturated heterocycles. The topological polar surface area (TPSA) is 29.1 Å². The smallest absolute Gasteiger partial charge is 0.255 e. The van der Waals surface area contributed by atoms with Gasteiger partial charge in [-0.1, -0.05) is 17.7 Å². The van der Waals surface area contributed by atoms with Gasteiger partial charge in [0.25, 0.3) is 5.91 Å². The Labute approximate surface area is 86.1 Å². The summed E-state index contributed by atoms with van der Waals surface area (Å²) in [5.74, 6) is -0.994. The molecule has 2 rings (SSSR count). The van der Waals surface area contributed by atoms with Crippen molar-refractivity contribution < 1.29 is 9.18 Å². The third kappa shape index (κ3) is 1.87. The van der Waals surface area contributed by atoms with E-state index in [1.807, 2.05) is 0 Å². The maximum Gasteiger partial charge on any atom is 0.255 e. The molecule has 0 aromatic heterocycles. The molecule has 1 aromatic carbocycles. The third-order valence-corrected chi connectivity index (χ3v) is 2.42. The van der Waals surface area contributed by atoms with Crippen molar-refractivity contribution in [3.63, 3.8) is 0 Å². The summed E-state index contributed by atoms with van der Waals surface area (Å²) < 4.78 is 13.2. The van der Waals surface area contributed by atoms with Crippen LogP contribution in [0.5, 0.6) is 0 Å². The summed E-state index contributed by atoms with van der Waals surface area (Å²) in [6.45, 7) is 0. The third-order valence-electron chi connectivity index (χ3n) is 2.10. The highest BCUT2D eigenvalue weighted by molar-refractivity contribution is 6.33. The van der Waals surface area contributed by atoms with Crippen LogP contribution in [-0.2, 0) is 0 Å². The predicted octanol–water partition coefficient (Wildman–Crippen LogP) is 2.37. The van der Waals surface area contributed by atoms with Gasteiger partial charge in [0, 0.05) is 6.04 Å². The number of amides is 1. The maximum absolute atomic E-state index is 13.2. The van der Waals surface area contributed by atoms with Crippen molar-refractivity contribution in [2.24, 2.45) is 0 Å². The fourth-order valence-corrected chi connectivity index (χ4v) is 1.45. The van der Waals surface area contributed by atoms with E-state index in [-0.39, 0.29) is 16.6 Å². The average molecular weight is 214 g/mol. The van der Waals surface area contributed by atoms with E-state index in [2.05, 4.69) is 5.32 Å². The molecule has 0 unspecified atom stereocenters. The fourth-order valence-electron chi connectivity index (χ4n) is 1.20. The van der Waals surface area contributed by atoms with E-state index < -0.39 is 11.7 Å². The van der Waals surface area contributed by atoms with Crippen molar-refractivity contribution in [1.29, 1.82) is 0 Å². The van der Waals surface area contributed by atoms with Crippen molar-refractivity contribution in [2.75, 3.05) is 0 Å². The van der Waals surface area contributed by atoms with Gasteiger partial charge in [-0.15, -0.1) is 0 Å². The van der Waals surface area contributed by atoms with Crippen LogP contribution >= 0.6 is 11.6 Å². The van der Waals surface area contributed by atoms with E-state index in [4.69, 9.17) is 11.6 Å².